The standard InChI is InChI=1S/C21H27N3O2/c1-6-26-19-13-9-17(10-14-19)21(2,3)20(25)23-22-15-16-7-11-18(12-8-16)24(4)5/h7-15H,6H2,1-5H3,(H,23,25). The van der Waals surface area contributed by atoms with Crippen LogP contribution in [-0.4, -0.2) is 32.8 Å². The molecule has 5 heteroatoms. The molecule has 0 aliphatic carbocycles. The van der Waals surface area contributed by atoms with Crippen LogP contribution in [0, 0.1) is 0 Å². The van der Waals surface area contributed by atoms with Gasteiger partial charge in [0.05, 0.1) is 18.2 Å². The molecular formula is C21H27N3O2. The Morgan fingerprint density at radius 3 is 2.27 bits per heavy atom. The van der Waals surface area contributed by atoms with Crippen molar-refractivity contribution >= 4 is 17.8 Å². The van der Waals surface area contributed by atoms with E-state index in [1.807, 2.05) is 88.3 Å². The summed E-state index contributed by atoms with van der Waals surface area (Å²) in [6.45, 7) is 6.31. The Kier molecular flexibility index (Phi) is 6.39. The van der Waals surface area contributed by atoms with Gasteiger partial charge in [0, 0.05) is 19.8 Å². The van der Waals surface area contributed by atoms with Gasteiger partial charge in [0.15, 0.2) is 0 Å². The molecule has 0 radical (unpaired) electrons. The zero-order chi connectivity index (χ0) is 19.2. The van der Waals surface area contributed by atoms with E-state index in [1.54, 1.807) is 6.21 Å². The van der Waals surface area contributed by atoms with Gasteiger partial charge < -0.3 is 9.64 Å². The van der Waals surface area contributed by atoms with Crippen molar-refractivity contribution in [1.29, 1.82) is 0 Å². The van der Waals surface area contributed by atoms with Gasteiger partial charge in [0.1, 0.15) is 5.75 Å². The average molecular weight is 353 g/mol. The molecule has 2 aromatic carbocycles. The Morgan fingerprint density at radius 1 is 1.12 bits per heavy atom. The second kappa shape index (κ2) is 8.52. The SMILES string of the molecule is CCOc1ccc(C(C)(C)C(=O)NN=Cc2ccc(N(C)C)cc2)cc1. The monoisotopic (exact) mass is 353 g/mol. The summed E-state index contributed by atoms with van der Waals surface area (Å²) >= 11 is 0. The van der Waals surface area contributed by atoms with Crippen LogP contribution < -0.4 is 15.1 Å². The quantitative estimate of drug-likeness (QED) is 0.611. The summed E-state index contributed by atoms with van der Waals surface area (Å²) in [6.07, 6.45) is 1.64. The minimum absolute atomic E-state index is 0.164. The van der Waals surface area contributed by atoms with Gasteiger partial charge in [-0.3, -0.25) is 4.79 Å². The third-order valence-corrected chi connectivity index (χ3v) is 4.24. The summed E-state index contributed by atoms with van der Waals surface area (Å²) in [6, 6.07) is 15.5. The Morgan fingerprint density at radius 2 is 1.73 bits per heavy atom. The molecule has 1 amide bonds. The lowest BCUT2D eigenvalue weighted by Crippen LogP contribution is -2.37. The van der Waals surface area contributed by atoms with E-state index in [2.05, 4.69) is 10.5 Å². The summed E-state index contributed by atoms with van der Waals surface area (Å²) in [5, 5.41) is 4.09. The van der Waals surface area contributed by atoms with Crippen LogP contribution >= 0.6 is 0 Å². The number of anilines is 1. The maximum atomic E-state index is 12.5. The zero-order valence-electron chi connectivity index (χ0n) is 16.1. The van der Waals surface area contributed by atoms with Crippen LogP contribution in [0.3, 0.4) is 0 Å². The van der Waals surface area contributed by atoms with Gasteiger partial charge in [-0.25, -0.2) is 5.43 Å². The Bertz CT molecular complexity index is 748. The fourth-order valence-electron chi connectivity index (χ4n) is 2.43. The lowest BCUT2D eigenvalue weighted by atomic mass is 9.84. The van der Waals surface area contributed by atoms with E-state index < -0.39 is 5.41 Å². The van der Waals surface area contributed by atoms with Crippen molar-refractivity contribution in [2.45, 2.75) is 26.2 Å². The van der Waals surface area contributed by atoms with Crippen molar-refractivity contribution in [1.82, 2.24) is 5.43 Å². The molecule has 2 rings (SSSR count). The van der Waals surface area contributed by atoms with E-state index in [1.165, 1.54) is 0 Å². The number of nitrogens with zero attached hydrogens (tertiary/aromatic N) is 2. The maximum Gasteiger partial charge on any atom is 0.250 e. The Balaban J connectivity index is 2.00. The number of ether oxygens (including phenoxy) is 1. The number of hydrogen-bond donors (Lipinski definition) is 1. The van der Waals surface area contributed by atoms with Gasteiger partial charge in [0.2, 0.25) is 5.91 Å². The van der Waals surface area contributed by atoms with Crippen LogP contribution in [0.4, 0.5) is 5.69 Å². The molecule has 0 unspecified atom stereocenters. The third kappa shape index (κ3) is 4.85. The molecule has 0 aromatic heterocycles. The molecule has 0 fully saturated rings. The van der Waals surface area contributed by atoms with Gasteiger partial charge in [-0.05, 0) is 56.2 Å². The largest absolute Gasteiger partial charge is 0.494 e. The van der Waals surface area contributed by atoms with Crippen molar-refractivity contribution in [2.24, 2.45) is 5.10 Å². The topological polar surface area (TPSA) is 53.9 Å². The maximum absolute atomic E-state index is 12.5. The molecule has 138 valence electrons. The van der Waals surface area contributed by atoms with Crippen molar-refractivity contribution < 1.29 is 9.53 Å². The summed E-state index contributed by atoms with van der Waals surface area (Å²) in [5.74, 6) is 0.634. The van der Waals surface area contributed by atoms with Crippen molar-refractivity contribution in [3.8, 4) is 5.75 Å². The number of amides is 1. The fraction of sp³-hybridized carbons (Fsp3) is 0.333. The number of nitrogens with one attached hydrogen (secondary N) is 1. The van der Waals surface area contributed by atoms with E-state index in [-0.39, 0.29) is 5.91 Å². The zero-order valence-corrected chi connectivity index (χ0v) is 16.1. The number of carbonyl (C=O) groups is 1. The first-order chi connectivity index (χ1) is 12.3. The van der Waals surface area contributed by atoms with Gasteiger partial charge in [0.25, 0.3) is 0 Å². The summed E-state index contributed by atoms with van der Waals surface area (Å²) in [7, 11) is 3.98. The van der Waals surface area contributed by atoms with Gasteiger partial charge >= 0.3 is 0 Å². The molecule has 0 heterocycles. The van der Waals surface area contributed by atoms with E-state index >= 15 is 0 Å². The minimum atomic E-state index is -0.698. The van der Waals surface area contributed by atoms with Crippen molar-refractivity contribution in [3.63, 3.8) is 0 Å². The molecule has 0 aliphatic rings. The van der Waals surface area contributed by atoms with E-state index in [0.29, 0.717) is 6.61 Å². The summed E-state index contributed by atoms with van der Waals surface area (Å²) < 4.78 is 5.44. The Labute approximate surface area is 155 Å². The third-order valence-electron chi connectivity index (χ3n) is 4.24. The normalized spacial score (nSPS) is 11.4. The van der Waals surface area contributed by atoms with Crippen LogP contribution in [0.1, 0.15) is 31.9 Å². The second-order valence-electron chi connectivity index (χ2n) is 6.77. The molecule has 1 N–H and O–H groups in total. The number of hydrazone groups is 1. The highest BCUT2D eigenvalue weighted by Gasteiger charge is 2.29. The predicted octanol–water partition coefficient (Wildman–Crippen LogP) is 3.58. The highest BCUT2D eigenvalue weighted by Crippen LogP contribution is 2.25. The molecule has 0 spiro atoms. The van der Waals surface area contributed by atoms with Crippen LogP contribution in [0.2, 0.25) is 0 Å². The number of hydrogen-bond acceptors (Lipinski definition) is 4. The van der Waals surface area contributed by atoms with E-state index in [9.17, 15) is 4.79 Å². The lowest BCUT2D eigenvalue weighted by molar-refractivity contribution is -0.125. The number of carbonyl (C=O) groups excluding carboxylic acids is 1. The first-order valence-corrected chi connectivity index (χ1v) is 8.69. The molecule has 0 saturated heterocycles. The molecule has 2 aromatic rings. The average Bonchev–Trinajstić information content (AvgIpc) is 2.62. The molecule has 0 atom stereocenters. The lowest BCUT2D eigenvalue weighted by Gasteiger charge is -2.23. The molecule has 0 bridgehead atoms. The molecule has 0 saturated carbocycles. The fourth-order valence-corrected chi connectivity index (χ4v) is 2.43. The second-order valence-corrected chi connectivity index (χ2v) is 6.77. The number of benzene rings is 2. The summed E-state index contributed by atoms with van der Waals surface area (Å²) in [5.41, 5.74) is 4.88. The van der Waals surface area contributed by atoms with E-state index in [0.717, 1.165) is 22.6 Å². The highest BCUT2D eigenvalue weighted by molar-refractivity contribution is 5.89. The molecular weight excluding hydrogens is 326 g/mol. The molecule has 0 aliphatic heterocycles. The van der Waals surface area contributed by atoms with Gasteiger partial charge in [-0.2, -0.15) is 5.10 Å². The van der Waals surface area contributed by atoms with Crippen molar-refractivity contribution in [3.05, 3.63) is 59.7 Å². The first-order valence-electron chi connectivity index (χ1n) is 8.69. The highest BCUT2D eigenvalue weighted by atomic mass is 16.5. The van der Waals surface area contributed by atoms with Gasteiger partial charge in [-0.1, -0.05) is 24.3 Å². The molecule has 5 nitrogen and oxygen atoms in total. The predicted molar refractivity (Wildman–Crippen MR) is 107 cm³/mol. The Hall–Kier alpha value is -2.82. The van der Waals surface area contributed by atoms with Crippen LogP contribution in [0.5, 0.6) is 5.75 Å². The summed E-state index contributed by atoms with van der Waals surface area (Å²) in [4.78, 5) is 14.6. The molecule has 26 heavy (non-hydrogen) atoms. The van der Waals surface area contributed by atoms with Crippen LogP contribution in [0.25, 0.3) is 0 Å². The number of rotatable bonds is 7. The van der Waals surface area contributed by atoms with Crippen LogP contribution in [0.15, 0.2) is 53.6 Å². The van der Waals surface area contributed by atoms with Crippen LogP contribution in [-0.2, 0) is 10.2 Å². The first kappa shape index (κ1) is 19.5. The van der Waals surface area contributed by atoms with Gasteiger partial charge in [-0.15, -0.1) is 0 Å². The van der Waals surface area contributed by atoms with E-state index in [4.69, 9.17) is 4.74 Å². The minimum Gasteiger partial charge on any atom is -0.494 e. The van der Waals surface area contributed by atoms with Crippen molar-refractivity contribution in [2.75, 3.05) is 25.6 Å². The smallest absolute Gasteiger partial charge is 0.250 e.